The highest BCUT2D eigenvalue weighted by Crippen LogP contribution is 2.32. The molecule has 0 radical (unpaired) electrons. The monoisotopic (exact) mass is 396 g/mol. The maximum atomic E-state index is 6.17. The smallest absolute Gasteiger partial charge is 0.277 e. The van der Waals surface area contributed by atoms with Gasteiger partial charge in [0, 0.05) is 27.4 Å². The van der Waals surface area contributed by atoms with Gasteiger partial charge in [-0.05, 0) is 29.8 Å². The number of methoxy groups -OCH3 is 2. The Bertz CT molecular complexity index is 864. The number of nitrogens with zero attached hydrogens (tertiary/aromatic N) is 2. The van der Waals surface area contributed by atoms with Crippen molar-refractivity contribution in [3.05, 3.63) is 52.0 Å². The summed E-state index contributed by atoms with van der Waals surface area (Å²) in [5.74, 6) is 2.28. The highest BCUT2D eigenvalue weighted by Gasteiger charge is 2.13. The molecule has 8 heteroatoms. The molecule has 3 rings (SSSR count). The second-order valence-electron chi connectivity index (χ2n) is 5.00. The second-order valence-corrected chi connectivity index (χ2v) is 6.77. The van der Waals surface area contributed by atoms with Crippen LogP contribution in [0.3, 0.4) is 0 Å². The highest BCUT2D eigenvalue weighted by atomic mass is 35.5. The van der Waals surface area contributed by atoms with Gasteiger partial charge < -0.3 is 13.9 Å². The Morgan fingerprint density at radius 1 is 1.00 bits per heavy atom. The first-order valence-corrected chi connectivity index (χ1v) is 8.97. The molecule has 130 valence electrons. The fraction of sp³-hybridized carbons (Fsp3) is 0.176. The zero-order valence-corrected chi connectivity index (χ0v) is 15.8. The van der Waals surface area contributed by atoms with Crippen LogP contribution in [0.15, 0.2) is 46.0 Å². The molecule has 1 heterocycles. The molecule has 0 spiro atoms. The van der Waals surface area contributed by atoms with Crippen LogP contribution < -0.4 is 9.47 Å². The third-order valence-corrected chi connectivity index (χ3v) is 4.83. The molecular weight excluding hydrogens is 383 g/mol. The molecular formula is C17H14Cl2N2O3S. The van der Waals surface area contributed by atoms with E-state index in [0.717, 1.165) is 11.1 Å². The van der Waals surface area contributed by atoms with E-state index in [0.29, 0.717) is 38.4 Å². The third-order valence-electron chi connectivity index (χ3n) is 3.37. The number of benzene rings is 2. The normalized spacial score (nSPS) is 10.7. The molecule has 0 N–H and O–H groups in total. The molecule has 0 aliphatic rings. The zero-order chi connectivity index (χ0) is 17.8. The molecule has 25 heavy (non-hydrogen) atoms. The summed E-state index contributed by atoms with van der Waals surface area (Å²) in [5.41, 5.74) is 1.67. The van der Waals surface area contributed by atoms with Crippen molar-refractivity contribution in [1.82, 2.24) is 10.2 Å². The van der Waals surface area contributed by atoms with Crippen LogP contribution in [0.4, 0.5) is 0 Å². The molecule has 0 saturated carbocycles. The Labute approximate surface area is 159 Å². The summed E-state index contributed by atoms with van der Waals surface area (Å²) in [6, 6.07) is 10.8. The number of aromatic nitrogens is 2. The van der Waals surface area contributed by atoms with Gasteiger partial charge in [0.25, 0.3) is 5.22 Å². The molecule has 1 aromatic heterocycles. The molecule has 0 unspecified atom stereocenters. The Morgan fingerprint density at radius 3 is 2.36 bits per heavy atom. The molecule has 3 aromatic rings. The first-order chi connectivity index (χ1) is 12.1. The Kier molecular flexibility index (Phi) is 5.73. The first-order valence-electron chi connectivity index (χ1n) is 7.22. The molecule has 0 atom stereocenters. The van der Waals surface area contributed by atoms with Crippen LogP contribution in [0.2, 0.25) is 10.0 Å². The van der Waals surface area contributed by atoms with Crippen LogP contribution in [0, 0.1) is 0 Å². The summed E-state index contributed by atoms with van der Waals surface area (Å²) in [4.78, 5) is 0. The van der Waals surface area contributed by atoms with Crippen LogP contribution in [0.25, 0.3) is 11.5 Å². The van der Waals surface area contributed by atoms with Crippen molar-refractivity contribution in [2.24, 2.45) is 0 Å². The van der Waals surface area contributed by atoms with E-state index in [4.69, 9.17) is 37.1 Å². The highest BCUT2D eigenvalue weighted by molar-refractivity contribution is 7.98. The SMILES string of the molecule is COc1cc(OC)cc(-c2nnc(SCc3ccc(Cl)cc3Cl)o2)c1. The van der Waals surface area contributed by atoms with E-state index in [1.54, 1.807) is 44.6 Å². The molecule has 0 fully saturated rings. The van der Waals surface area contributed by atoms with Gasteiger partial charge in [-0.25, -0.2) is 0 Å². The lowest BCUT2D eigenvalue weighted by Crippen LogP contribution is -1.88. The Morgan fingerprint density at radius 2 is 1.72 bits per heavy atom. The predicted molar refractivity (Wildman–Crippen MR) is 98.9 cm³/mol. The summed E-state index contributed by atoms with van der Waals surface area (Å²) in [6.07, 6.45) is 0. The van der Waals surface area contributed by atoms with Gasteiger partial charge >= 0.3 is 0 Å². The van der Waals surface area contributed by atoms with Gasteiger partial charge in [-0.1, -0.05) is 41.0 Å². The fourth-order valence-corrected chi connectivity index (χ4v) is 3.42. The average Bonchev–Trinajstić information content (AvgIpc) is 3.09. The van der Waals surface area contributed by atoms with Crippen LogP contribution in [-0.2, 0) is 5.75 Å². The maximum absolute atomic E-state index is 6.17. The van der Waals surface area contributed by atoms with Crippen molar-refractivity contribution >= 4 is 35.0 Å². The summed E-state index contributed by atoms with van der Waals surface area (Å²) in [7, 11) is 3.17. The van der Waals surface area contributed by atoms with Crippen LogP contribution in [-0.4, -0.2) is 24.4 Å². The number of rotatable bonds is 6. The number of halogens is 2. The predicted octanol–water partition coefficient (Wildman–Crippen LogP) is 5.35. The molecule has 0 saturated heterocycles. The van der Waals surface area contributed by atoms with E-state index in [-0.39, 0.29) is 0 Å². The lowest BCUT2D eigenvalue weighted by Gasteiger charge is -2.05. The van der Waals surface area contributed by atoms with Gasteiger partial charge in [0.05, 0.1) is 14.2 Å². The van der Waals surface area contributed by atoms with Gasteiger partial charge in [0.15, 0.2) is 0 Å². The topological polar surface area (TPSA) is 57.4 Å². The van der Waals surface area contributed by atoms with Gasteiger partial charge in [-0.15, -0.1) is 10.2 Å². The zero-order valence-electron chi connectivity index (χ0n) is 13.5. The van der Waals surface area contributed by atoms with E-state index < -0.39 is 0 Å². The van der Waals surface area contributed by atoms with Gasteiger partial charge in [0.1, 0.15) is 11.5 Å². The van der Waals surface area contributed by atoms with Crippen LogP contribution in [0.1, 0.15) is 5.56 Å². The standard InChI is InChI=1S/C17H14Cl2N2O3S/c1-22-13-5-11(6-14(8-13)23-2)16-20-21-17(24-16)25-9-10-3-4-12(18)7-15(10)19/h3-8H,9H2,1-2H3. The largest absolute Gasteiger partial charge is 0.497 e. The molecule has 0 aliphatic heterocycles. The van der Waals surface area contributed by atoms with Gasteiger partial charge in [-0.2, -0.15) is 0 Å². The summed E-state index contributed by atoms with van der Waals surface area (Å²) in [6.45, 7) is 0. The third kappa shape index (κ3) is 4.39. The van der Waals surface area contributed by atoms with Gasteiger partial charge in [-0.3, -0.25) is 0 Å². The first kappa shape index (κ1) is 17.9. The average molecular weight is 397 g/mol. The Balaban J connectivity index is 1.76. The maximum Gasteiger partial charge on any atom is 0.277 e. The van der Waals surface area contributed by atoms with Crippen molar-refractivity contribution in [2.45, 2.75) is 11.0 Å². The van der Waals surface area contributed by atoms with Crippen molar-refractivity contribution in [3.63, 3.8) is 0 Å². The van der Waals surface area contributed by atoms with E-state index in [2.05, 4.69) is 10.2 Å². The molecule has 2 aromatic carbocycles. The van der Waals surface area contributed by atoms with E-state index in [1.165, 1.54) is 11.8 Å². The minimum atomic E-state index is 0.391. The minimum Gasteiger partial charge on any atom is -0.497 e. The van der Waals surface area contributed by atoms with E-state index in [9.17, 15) is 0 Å². The van der Waals surface area contributed by atoms with Crippen molar-refractivity contribution < 1.29 is 13.9 Å². The van der Waals surface area contributed by atoms with Gasteiger partial charge in [0.2, 0.25) is 5.89 Å². The summed E-state index contributed by atoms with van der Waals surface area (Å²) < 4.78 is 16.2. The van der Waals surface area contributed by atoms with Crippen molar-refractivity contribution in [1.29, 1.82) is 0 Å². The number of ether oxygens (including phenoxy) is 2. The number of hydrogen-bond donors (Lipinski definition) is 0. The number of thioether (sulfide) groups is 1. The quantitative estimate of drug-likeness (QED) is 0.523. The van der Waals surface area contributed by atoms with Crippen molar-refractivity contribution in [2.75, 3.05) is 14.2 Å². The van der Waals surface area contributed by atoms with E-state index in [1.807, 2.05) is 6.07 Å². The summed E-state index contributed by atoms with van der Waals surface area (Å²) >= 11 is 13.5. The molecule has 0 aliphatic carbocycles. The van der Waals surface area contributed by atoms with Crippen LogP contribution >= 0.6 is 35.0 Å². The molecule has 0 amide bonds. The molecule has 0 bridgehead atoms. The lowest BCUT2D eigenvalue weighted by molar-refractivity contribution is 0.394. The minimum absolute atomic E-state index is 0.391. The fourth-order valence-electron chi connectivity index (χ4n) is 2.09. The Hall–Kier alpha value is -1.89. The lowest BCUT2D eigenvalue weighted by atomic mass is 10.2. The molecule has 5 nitrogen and oxygen atoms in total. The second kappa shape index (κ2) is 7.99. The van der Waals surface area contributed by atoms with Crippen molar-refractivity contribution in [3.8, 4) is 23.0 Å². The van der Waals surface area contributed by atoms with Crippen LogP contribution in [0.5, 0.6) is 11.5 Å². The van der Waals surface area contributed by atoms with E-state index >= 15 is 0 Å². The summed E-state index contributed by atoms with van der Waals surface area (Å²) in [5, 5.41) is 9.80. The number of hydrogen-bond acceptors (Lipinski definition) is 6.